The van der Waals surface area contributed by atoms with Crippen LogP contribution < -0.4 is 5.32 Å². The highest BCUT2D eigenvalue weighted by atomic mass is 19.4. The molecule has 1 aliphatic heterocycles. The minimum Gasteiger partial charge on any atom is -0.341 e. The summed E-state index contributed by atoms with van der Waals surface area (Å²) < 4.78 is 50.7. The molecule has 21 heavy (non-hydrogen) atoms. The summed E-state index contributed by atoms with van der Waals surface area (Å²) >= 11 is 0. The van der Waals surface area contributed by atoms with E-state index in [2.05, 4.69) is 5.32 Å². The van der Waals surface area contributed by atoms with E-state index in [-0.39, 0.29) is 24.7 Å². The first kappa shape index (κ1) is 15.3. The predicted octanol–water partition coefficient (Wildman–Crippen LogP) is 2.26. The van der Waals surface area contributed by atoms with E-state index in [1.165, 1.54) is 11.8 Å². The number of nitrogens with zero attached hydrogens (tertiary/aromatic N) is 1. The van der Waals surface area contributed by atoms with Gasteiger partial charge in [-0.1, -0.05) is 0 Å². The van der Waals surface area contributed by atoms with Gasteiger partial charge in [-0.25, -0.2) is 4.39 Å². The summed E-state index contributed by atoms with van der Waals surface area (Å²) in [6.45, 7) is 1.83. The second-order valence-corrected chi connectivity index (χ2v) is 4.80. The van der Waals surface area contributed by atoms with Crippen molar-refractivity contribution in [2.24, 2.45) is 5.92 Å². The minimum absolute atomic E-state index is 0.130. The number of rotatable bonds is 2. The number of benzene rings is 1. The number of alkyl halides is 3. The third-order valence-electron chi connectivity index (χ3n) is 3.24. The highest BCUT2D eigenvalue weighted by molar-refractivity contribution is 5.94. The number of halogens is 4. The first-order valence-corrected chi connectivity index (χ1v) is 6.11. The smallest absolute Gasteiger partial charge is 0.341 e. The van der Waals surface area contributed by atoms with Crippen LogP contribution in [0.3, 0.4) is 0 Å². The molecule has 2 amide bonds. The van der Waals surface area contributed by atoms with Gasteiger partial charge in [0.05, 0.1) is 11.5 Å². The van der Waals surface area contributed by atoms with Crippen LogP contribution in [0.1, 0.15) is 12.5 Å². The Labute approximate surface area is 117 Å². The van der Waals surface area contributed by atoms with Crippen LogP contribution in [0.15, 0.2) is 18.2 Å². The third kappa shape index (κ3) is 3.32. The van der Waals surface area contributed by atoms with Crippen molar-refractivity contribution in [1.82, 2.24) is 4.90 Å². The number of anilines is 1. The Bertz CT molecular complexity index is 580. The van der Waals surface area contributed by atoms with E-state index in [0.717, 1.165) is 6.07 Å². The SMILES string of the molecule is CC(=O)N1CC(C(=O)Nc2ccc(F)c(C(F)(F)F)c2)C1. The lowest BCUT2D eigenvalue weighted by atomic mass is 9.99. The zero-order chi connectivity index (χ0) is 15.8. The van der Waals surface area contributed by atoms with Crippen molar-refractivity contribution in [2.75, 3.05) is 18.4 Å². The molecule has 0 saturated carbocycles. The fraction of sp³-hybridized carbons (Fsp3) is 0.385. The van der Waals surface area contributed by atoms with Crippen LogP contribution in [0, 0.1) is 11.7 Å². The Morgan fingerprint density at radius 3 is 2.43 bits per heavy atom. The molecule has 0 aromatic heterocycles. The molecule has 1 saturated heterocycles. The molecule has 2 rings (SSSR count). The summed E-state index contributed by atoms with van der Waals surface area (Å²) in [5.41, 5.74) is -1.56. The summed E-state index contributed by atoms with van der Waals surface area (Å²) in [4.78, 5) is 24.2. The zero-order valence-electron chi connectivity index (χ0n) is 11.0. The van der Waals surface area contributed by atoms with Crippen molar-refractivity contribution in [3.05, 3.63) is 29.6 Å². The third-order valence-corrected chi connectivity index (χ3v) is 3.24. The lowest BCUT2D eigenvalue weighted by molar-refractivity contribution is -0.141. The van der Waals surface area contributed by atoms with Crippen LogP contribution in [0.4, 0.5) is 23.2 Å². The molecular weight excluding hydrogens is 292 g/mol. The van der Waals surface area contributed by atoms with Gasteiger partial charge in [-0.2, -0.15) is 13.2 Å². The molecule has 1 aromatic rings. The van der Waals surface area contributed by atoms with Crippen molar-refractivity contribution in [2.45, 2.75) is 13.1 Å². The maximum absolute atomic E-state index is 13.1. The van der Waals surface area contributed by atoms with Gasteiger partial charge in [0.1, 0.15) is 5.82 Å². The van der Waals surface area contributed by atoms with E-state index in [4.69, 9.17) is 0 Å². The molecule has 0 bridgehead atoms. The number of likely N-dealkylation sites (tertiary alicyclic amines) is 1. The normalized spacial score (nSPS) is 15.6. The van der Waals surface area contributed by atoms with Gasteiger partial charge < -0.3 is 10.2 Å². The van der Waals surface area contributed by atoms with Crippen LogP contribution >= 0.6 is 0 Å². The van der Waals surface area contributed by atoms with Gasteiger partial charge in [0, 0.05) is 25.7 Å². The molecule has 1 aliphatic rings. The maximum atomic E-state index is 13.1. The number of nitrogens with one attached hydrogen (secondary N) is 1. The van der Waals surface area contributed by atoms with Crippen molar-refractivity contribution in [1.29, 1.82) is 0 Å². The molecule has 1 aromatic carbocycles. The molecule has 0 spiro atoms. The van der Waals surface area contributed by atoms with Gasteiger partial charge in [0.15, 0.2) is 0 Å². The summed E-state index contributed by atoms with van der Waals surface area (Å²) in [5.74, 6) is -2.52. The molecular formula is C13H12F4N2O2. The molecule has 114 valence electrons. The van der Waals surface area contributed by atoms with Crippen molar-refractivity contribution >= 4 is 17.5 Å². The first-order chi connectivity index (χ1) is 9.68. The summed E-state index contributed by atoms with van der Waals surface area (Å²) in [6, 6.07) is 2.26. The van der Waals surface area contributed by atoms with Gasteiger partial charge in [-0.3, -0.25) is 9.59 Å². The number of carbonyl (C=O) groups is 2. The average molecular weight is 304 g/mol. The maximum Gasteiger partial charge on any atom is 0.419 e. The average Bonchev–Trinajstić information content (AvgIpc) is 2.27. The second-order valence-electron chi connectivity index (χ2n) is 4.80. The Morgan fingerprint density at radius 2 is 1.90 bits per heavy atom. The largest absolute Gasteiger partial charge is 0.419 e. The van der Waals surface area contributed by atoms with Gasteiger partial charge in [-0.15, -0.1) is 0 Å². The van der Waals surface area contributed by atoms with Crippen LogP contribution in [-0.2, 0) is 15.8 Å². The molecule has 1 heterocycles. The van der Waals surface area contributed by atoms with Crippen LogP contribution in [0.2, 0.25) is 0 Å². The monoisotopic (exact) mass is 304 g/mol. The Kier molecular flexibility index (Phi) is 3.89. The molecule has 0 atom stereocenters. The summed E-state index contributed by atoms with van der Waals surface area (Å²) in [7, 11) is 0. The van der Waals surface area contributed by atoms with E-state index in [1.807, 2.05) is 0 Å². The molecule has 1 fully saturated rings. The van der Waals surface area contributed by atoms with Gasteiger partial charge in [-0.05, 0) is 18.2 Å². The van der Waals surface area contributed by atoms with E-state index in [1.54, 1.807) is 0 Å². The second kappa shape index (κ2) is 5.34. The van der Waals surface area contributed by atoms with E-state index < -0.39 is 29.4 Å². The van der Waals surface area contributed by atoms with Gasteiger partial charge in [0.2, 0.25) is 11.8 Å². The highest BCUT2D eigenvalue weighted by Gasteiger charge is 2.36. The van der Waals surface area contributed by atoms with Crippen LogP contribution in [-0.4, -0.2) is 29.8 Å². The number of carbonyl (C=O) groups excluding carboxylic acids is 2. The quantitative estimate of drug-likeness (QED) is 0.852. The lowest BCUT2D eigenvalue weighted by Gasteiger charge is -2.37. The van der Waals surface area contributed by atoms with Crippen LogP contribution in [0.5, 0.6) is 0 Å². The molecule has 1 N–H and O–H groups in total. The first-order valence-electron chi connectivity index (χ1n) is 6.11. The van der Waals surface area contributed by atoms with E-state index >= 15 is 0 Å². The fourth-order valence-corrected chi connectivity index (χ4v) is 1.97. The molecule has 0 aliphatic carbocycles. The highest BCUT2D eigenvalue weighted by Crippen LogP contribution is 2.33. The molecule has 8 heteroatoms. The molecule has 4 nitrogen and oxygen atoms in total. The number of hydrogen-bond donors (Lipinski definition) is 1. The minimum atomic E-state index is -4.83. The zero-order valence-corrected chi connectivity index (χ0v) is 11.0. The molecule has 0 radical (unpaired) electrons. The Hall–Kier alpha value is -2.12. The van der Waals surface area contributed by atoms with Gasteiger partial charge >= 0.3 is 6.18 Å². The number of hydrogen-bond acceptors (Lipinski definition) is 2. The molecule has 0 unspecified atom stereocenters. The topological polar surface area (TPSA) is 49.4 Å². The lowest BCUT2D eigenvalue weighted by Crippen LogP contribution is -2.53. The van der Waals surface area contributed by atoms with Crippen LogP contribution in [0.25, 0.3) is 0 Å². The predicted molar refractivity (Wildman–Crippen MR) is 65.8 cm³/mol. The Balaban J connectivity index is 2.04. The fourth-order valence-electron chi connectivity index (χ4n) is 1.97. The summed E-state index contributed by atoms with van der Waals surface area (Å²) in [6.07, 6.45) is -4.83. The van der Waals surface area contributed by atoms with Crippen molar-refractivity contribution < 1.29 is 27.2 Å². The summed E-state index contributed by atoms with van der Waals surface area (Å²) in [5, 5.41) is 2.30. The standard InChI is InChI=1S/C13H12F4N2O2/c1-7(20)19-5-8(6-19)12(21)18-9-2-3-11(14)10(4-9)13(15,16)17/h2-4,8H,5-6H2,1H3,(H,18,21). The van der Waals surface area contributed by atoms with Crippen molar-refractivity contribution in [3.8, 4) is 0 Å². The van der Waals surface area contributed by atoms with E-state index in [0.29, 0.717) is 12.1 Å². The number of amides is 2. The van der Waals surface area contributed by atoms with Gasteiger partial charge in [0.25, 0.3) is 0 Å². The van der Waals surface area contributed by atoms with E-state index in [9.17, 15) is 27.2 Å². The van der Waals surface area contributed by atoms with Crippen molar-refractivity contribution in [3.63, 3.8) is 0 Å². The Morgan fingerprint density at radius 1 is 1.29 bits per heavy atom.